The lowest BCUT2D eigenvalue weighted by Crippen LogP contribution is -2.16. The summed E-state index contributed by atoms with van der Waals surface area (Å²) in [4.78, 5) is 11.6. The van der Waals surface area contributed by atoms with E-state index in [0.717, 1.165) is 16.9 Å². The number of hydrogen-bond donors (Lipinski definition) is 1. The van der Waals surface area contributed by atoms with E-state index >= 15 is 0 Å². The predicted molar refractivity (Wildman–Crippen MR) is 91.0 cm³/mol. The largest absolute Gasteiger partial charge is 0.489 e. The van der Waals surface area contributed by atoms with Crippen LogP contribution in [0.3, 0.4) is 0 Å². The van der Waals surface area contributed by atoms with Gasteiger partial charge in [-0.1, -0.05) is 30.3 Å². The summed E-state index contributed by atoms with van der Waals surface area (Å²) in [6.07, 6.45) is 2.99. The summed E-state index contributed by atoms with van der Waals surface area (Å²) < 4.78 is 10.7. The highest BCUT2D eigenvalue weighted by Crippen LogP contribution is 2.13. The summed E-state index contributed by atoms with van der Waals surface area (Å²) in [6, 6.07) is 20.6. The fourth-order valence-electron chi connectivity index (χ4n) is 2.02. The molecule has 0 radical (unpaired) electrons. The molecule has 0 aliphatic heterocycles. The summed E-state index contributed by atoms with van der Waals surface area (Å²) in [6.45, 7) is 0.521. The smallest absolute Gasteiger partial charge is 0.307 e. The van der Waals surface area contributed by atoms with Crippen molar-refractivity contribution in [3.63, 3.8) is 0 Å². The summed E-state index contributed by atoms with van der Waals surface area (Å²) in [5.74, 6) is 0.603. The number of rotatable bonds is 6. The zero-order valence-electron chi connectivity index (χ0n) is 12.9. The van der Waals surface area contributed by atoms with Gasteiger partial charge in [0.1, 0.15) is 12.4 Å². The number of benzene rings is 2. The van der Waals surface area contributed by atoms with Gasteiger partial charge in [-0.15, -0.1) is 0 Å². The molecule has 3 rings (SSSR count). The minimum atomic E-state index is -0.390. The number of ether oxygens (including phenoxy) is 1. The molecule has 120 valence electrons. The van der Waals surface area contributed by atoms with E-state index in [1.807, 2.05) is 54.6 Å². The number of hydrogen-bond acceptors (Lipinski definition) is 4. The van der Waals surface area contributed by atoms with E-state index in [1.165, 1.54) is 6.26 Å². The number of carbonyl (C=O) groups is 1. The summed E-state index contributed by atoms with van der Waals surface area (Å²) in [7, 11) is 0. The lowest BCUT2D eigenvalue weighted by Gasteiger charge is -2.06. The molecule has 2 aromatic carbocycles. The zero-order valence-corrected chi connectivity index (χ0v) is 12.9. The van der Waals surface area contributed by atoms with E-state index in [4.69, 9.17) is 9.15 Å². The number of nitrogens with zero attached hydrogens (tertiary/aromatic N) is 1. The fraction of sp³-hybridized carbons (Fsp3) is 0.0526. The minimum absolute atomic E-state index is 0.219. The van der Waals surface area contributed by atoms with Crippen molar-refractivity contribution in [3.8, 4) is 5.75 Å². The molecule has 0 spiro atoms. The van der Waals surface area contributed by atoms with Crippen LogP contribution in [0.2, 0.25) is 0 Å². The molecule has 0 unspecified atom stereocenters. The topological polar surface area (TPSA) is 63.8 Å². The van der Waals surface area contributed by atoms with E-state index in [9.17, 15) is 4.79 Å². The van der Waals surface area contributed by atoms with E-state index in [2.05, 4.69) is 10.5 Å². The summed E-state index contributed by atoms with van der Waals surface area (Å²) >= 11 is 0. The Morgan fingerprint density at radius 3 is 2.54 bits per heavy atom. The lowest BCUT2D eigenvalue weighted by atomic mass is 10.2. The molecule has 5 nitrogen and oxygen atoms in total. The van der Waals surface area contributed by atoms with Gasteiger partial charge in [0.25, 0.3) is 0 Å². The first-order chi connectivity index (χ1) is 11.8. The number of hydrazone groups is 1. The maximum absolute atomic E-state index is 11.6. The molecule has 1 amide bonds. The molecule has 1 aromatic heterocycles. The first kappa shape index (κ1) is 15.6. The molecular weight excluding hydrogens is 304 g/mol. The van der Waals surface area contributed by atoms with Gasteiger partial charge in [0.15, 0.2) is 5.76 Å². The Hall–Kier alpha value is -3.34. The lowest BCUT2D eigenvalue weighted by molar-refractivity contribution is 0.0927. The van der Waals surface area contributed by atoms with Crippen LogP contribution >= 0.6 is 0 Å². The molecule has 0 fully saturated rings. The molecule has 1 heterocycles. The van der Waals surface area contributed by atoms with Crippen molar-refractivity contribution in [3.05, 3.63) is 89.9 Å². The highest BCUT2D eigenvalue weighted by atomic mass is 16.5. The van der Waals surface area contributed by atoms with Crippen molar-refractivity contribution in [1.82, 2.24) is 5.43 Å². The van der Waals surface area contributed by atoms with Crippen molar-refractivity contribution >= 4 is 12.1 Å². The van der Waals surface area contributed by atoms with Crippen LogP contribution in [0.5, 0.6) is 5.75 Å². The van der Waals surface area contributed by atoms with Gasteiger partial charge in [0.05, 0.1) is 12.5 Å². The Bertz CT molecular complexity index is 794. The van der Waals surface area contributed by atoms with Crippen LogP contribution in [0.15, 0.2) is 82.5 Å². The third-order valence-electron chi connectivity index (χ3n) is 3.25. The van der Waals surface area contributed by atoms with Crippen LogP contribution in [-0.2, 0) is 6.61 Å². The molecule has 0 saturated carbocycles. The van der Waals surface area contributed by atoms with Crippen molar-refractivity contribution in [1.29, 1.82) is 0 Å². The summed E-state index contributed by atoms with van der Waals surface area (Å²) in [5.41, 5.74) is 4.36. The van der Waals surface area contributed by atoms with Gasteiger partial charge < -0.3 is 9.15 Å². The SMILES string of the molecule is O=C(N/N=C/c1ccc(OCc2ccccc2)cc1)c1ccco1. The van der Waals surface area contributed by atoms with E-state index in [-0.39, 0.29) is 11.7 Å². The van der Waals surface area contributed by atoms with Crippen LogP contribution in [0.4, 0.5) is 0 Å². The van der Waals surface area contributed by atoms with Gasteiger partial charge in [-0.3, -0.25) is 4.79 Å². The Morgan fingerprint density at radius 2 is 1.83 bits per heavy atom. The van der Waals surface area contributed by atoms with Crippen LogP contribution in [-0.4, -0.2) is 12.1 Å². The fourth-order valence-corrected chi connectivity index (χ4v) is 2.02. The minimum Gasteiger partial charge on any atom is -0.489 e. The zero-order chi connectivity index (χ0) is 16.6. The third-order valence-corrected chi connectivity index (χ3v) is 3.25. The third kappa shape index (κ3) is 4.33. The Balaban J connectivity index is 1.51. The molecule has 5 heteroatoms. The summed E-state index contributed by atoms with van der Waals surface area (Å²) in [5, 5.41) is 3.90. The van der Waals surface area contributed by atoms with E-state index in [1.54, 1.807) is 18.3 Å². The molecule has 3 aromatic rings. The highest BCUT2D eigenvalue weighted by Gasteiger charge is 2.05. The quantitative estimate of drug-likeness (QED) is 0.557. The molecule has 24 heavy (non-hydrogen) atoms. The molecule has 0 aliphatic rings. The van der Waals surface area contributed by atoms with Crippen LogP contribution in [0, 0.1) is 0 Å². The first-order valence-electron chi connectivity index (χ1n) is 7.45. The Labute approximate surface area is 139 Å². The highest BCUT2D eigenvalue weighted by molar-refractivity contribution is 5.92. The van der Waals surface area contributed by atoms with Gasteiger partial charge in [0.2, 0.25) is 0 Å². The molecule has 0 saturated heterocycles. The van der Waals surface area contributed by atoms with Crippen LogP contribution in [0.25, 0.3) is 0 Å². The van der Waals surface area contributed by atoms with Crippen LogP contribution in [0.1, 0.15) is 21.7 Å². The number of carbonyl (C=O) groups excluding carboxylic acids is 1. The van der Waals surface area contributed by atoms with Gasteiger partial charge >= 0.3 is 5.91 Å². The maximum atomic E-state index is 11.6. The van der Waals surface area contributed by atoms with Crippen molar-refractivity contribution in [2.24, 2.45) is 5.10 Å². The standard InChI is InChI=1S/C19H16N2O3/c22-19(18-7-4-12-23-18)21-20-13-15-8-10-17(11-9-15)24-14-16-5-2-1-3-6-16/h1-13H,14H2,(H,21,22)/b20-13+. The monoisotopic (exact) mass is 320 g/mol. The van der Waals surface area contributed by atoms with Crippen molar-refractivity contribution < 1.29 is 13.9 Å². The molecule has 0 bridgehead atoms. The Kier molecular flexibility index (Phi) is 5.04. The molecular formula is C19H16N2O3. The normalized spacial score (nSPS) is 10.7. The first-order valence-corrected chi connectivity index (χ1v) is 7.45. The number of amides is 1. The van der Waals surface area contributed by atoms with Gasteiger partial charge in [0, 0.05) is 0 Å². The second kappa shape index (κ2) is 7.78. The number of furan rings is 1. The Morgan fingerprint density at radius 1 is 1.04 bits per heavy atom. The molecule has 1 N–H and O–H groups in total. The van der Waals surface area contributed by atoms with Gasteiger partial charge in [-0.05, 0) is 47.5 Å². The van der Waals surface area contributed by atoms with Crippen molar-refractivity contribution in [2.45, 2.75) is 6.61 Å². The van der Waals surface area contributed by atoms with E-state index in [0.29, 0.717) is 6.61 Å². The average molecular weight is 320 g/mol. The average Bonchev–Trinajstić information content (AvgIpc) is 3.17. The molecule has 0 atom stereocenters. The van der Waals surface area contributed by atoms with Crippen molar-refractivity contribution in [2.75, 3.05) is 0 Å². The van der Waals surface area contributed by atoms with Gasteiger partial charge in [-0.25, -0.2) is 5.43 Å². The van der Waals surface area contributed by atoms with Crippen LogP contribution < -0.4 is 10.2 Å². The number of nitrogens with one attached hydrogen (secondary N) is 1. The van der Waals surface area contributed by atoms with E-state index < -0.39 is 0 Å². The maximum Gasteiger partial charge on any atom is 0.307 e. The second-order valence-corrected chi connectivity index (χ2v) is 5.02. The predicted octanol–water partition coefficient (Wildman–Crippen LogP) is 3.62. The second-order valence-electron chi connectivity index (χ2n) is 5.02. The molecule has 0 aliphatic carbocycles. The van der Waals surface area contributed by atoms with Gasteiger partial charge in [-0.2, -0.15) is 5.10 Å².